The summed E-state index contributed by atoms with van der Waals surface area (Å²) in [4.78, 5) is 24.3. The fourth-order valence-electron chi connectivity index (χ4n) is 2.41. The zero-order valence-corrected chi connectivity index (χ0v) is 16.7. The van der Waals surface area contributed by atoms with Crippen LogP contribution < -0.4 is 15.5 Å². The Morgan fingerprint density at radius 2 is 1.90 bits per heavy atom. The molecule has 0 aliphatic rings. The summed E-state index contributed by atoms with van der Waals surface area (Å²) < 4.78 is 5.08. The van der Waals surface area contributed by atoms with E-state index in [2.05, 4.69) is 26.0 Å². The molecule has 0 saturated carbocycles. The fourth-order valence-corrected chi connectivity index (χ4v) is 3.15. The van der Waals surface area contributed by atoms with E-state index in [1.165, 1.54) is 6.21 Å². The van der Waals surface area contributed by atoms with Crippen molar-refractivity contribution in [2.45, 2.75) is 13.3 Å². The molecule has 2 aromatic carbocycles. The first kappa shape index (κ1) is 20.2. The van der Waals surface area contributed by atoms with E-state index in [-0.39, 0.29) is 18.2 Å². The van der Waals surface area contributed by atoms with E-state index >= 15 is 0 Å². The number of nitrogens with zero attached hydrogens (tertiary/aromatic N) is 3. The van der Waals surface area contributed by atoms with Crippen LogP contribution in [-0.4, -0.2) is 35.3 Å². The first-order chi connectivity index (χ1) is 14.0. The van der Waals surface area contributed by atoms with Gasteiger partial charge in [-0.2, -0.15) is 5.10 Å². The van der Waals surface area contributed by atoms with E-state index in [4.69, 9.17) is 4.74 Å². The molecule has 2 N–H and O–H groups in total. The number of aryl methyl sites for hydroxylation is 1. The summed E-state index contributed by atoms with van der Waals surface area (Å²) in [6, 6.07) is 14.5. The van der Waals surface area contributed by atoms with Crippen LogP contribution in [0.4, 0.5) is 5.13 Å². The van der Waals surface area contributed by atoms with Crippen LogP contribution in [0.5, 0.6) is 5.75 Å². The number of ether oxygens (including phenoxy) is 1. The summed E-state index contributed by atoms with van der Waals surface area (Å²) in [5, 5.41) is 15.3. The van der Waals surface area contributed by atoms with Crippen LogP contribution in [0, 0.1) is 6.92 Å². The smallest absolute Gasteiger partial charge is 0.257 e. The summed E-state index contributed by atoms with van der Waals surface area (Å²) in [5.74, 6) is 0.148. The number of hydrogen-bond donors (Lipinski definition) is 2. The van der Waals surface area contributed by atoms with Crippen LogP contribution in [0.15, 0.2) is 53.6 Å². The Morgan fingerprint density at radius 1 is 1.14 bits per heavy atom. The van der Waals surface area contributed by atoms with Gasteiger partial charge < -0.3 is 4.74 Å². The molecule has 0 unspecified atom stereocenters. The molecule has 29 heavy (non-hydrogen) atoms. The van der Waals surface area contributed by atoms with Gasteiger partial charge in [0.25, 0.3) is 5.91 Å². The minimum absolute atomic E-state index is 0.0118. The van der Waals surface area contributed by atoms with Gasteiger partial charge in [0.15, 0.2) is 0 Å². The highest BCUT2D eigenvalue weighted by molar-refractivity contribution is 7.15. The van der Waals surface area contributed by atoms with Gasteiger partial charge in [0, 0.05) is 5.56 Å². The molecule has 0 bridgehead atoms. The van der Waals surface area contributed by atoms with Gasteiger partial charge in [-0.25, -0.2) is 5.43 Å². The van der Waals surface area contributed by atoms with Crippen molar-refractivity contribution in [1.82, 2.24) is 15.6 Å². The summed E-state index contributed by atoms with van der Waals surface area (Å²) in [6.45, 7) is 1.86. The quantitative estimate of drug-likeness (QED) is 0.461. The zero-order valence-electron chi connectivity index (χ0n) is 15.9. The van der Waals surface area contributed by atoms with E-state index in [0.29, 0.717) is 15.7 Å². The number of hydrogen-bond acceptors (Lipinski definition) is 7. The number of carbonyl (C=O) groups excluding carboxylic acids is 2. The lowest BCUT2D eigenvalue weighted by Crippen LogP contribution is -2.19. The van der Waals surface area contributed by atoms with Gasteiger partial charge in [-0.05, 0) is 48.4 Å². The Labute approximate surface area is 171 Å². The summed E-state index contributed by atoms with van der Waals surface area (Å²) in [6.07, 6.45) is 1.54. The summed E-state index contributed by atoms with van der Waals surface area (Å²) in [5.41, 5.74) is 4.69. The van der Waals surface area contributed by atoms with Crippen molar-refractivity contribution in [1.29, 1.82) is 0 Å². The second-order valence-corrected chi connectivity index (χ2v) is 7.08. The number of anilines is 1. The molecule has 0 atom stereocenters. The lowest BCUT2D eigenvalue weighted by molar-refractivity contribution is -0.120. The Bertz CT molecular complexity index is 1030. The minimum Gasteiger partial charge on any atom is -0.497 e. The third-order valence-electron chi connectivity index (χ3n) is 3.91. The van der Waals surface area contributed by atoms with Gasteiger partial charge in [0.2, 0.25) is 11.0 Å². The number of carbonyl (C=O) groups is 2. The molecule has 148 valence electrons. The number of nitrogens with one attached hydrogen (secondary N) is 2. The Morgan fingerprint density at radius 3 is 2.62 bits per heavy atom. The van der Waals surface area contributed by atoms with E-state index < -0.39 is 0 Å². The lowest BCUT2D eigenvalue weighted by atomic mass is 10.1. The highest BCUT2D eigenvalue weighted by Crippen LogP contribution is 2.17. The monoisotopic (exact) mass is 409 g/mol. The summed E-state index contributed by atoms with van der Waals surface area (Å²) in [7, 11) is 1.59. The van der Waals surface area contributed by atoms with Crippen molar-refractivity contribution in [2.24, 2.45) is 5.10 Å². The molecule has 9 heteroatoms. The predicted octanol–water partition coefficient (Wildman–Crippen LogP) is 2.80. The van der Waals surface area contributed by atoms with Crippen molar-refractivity contribution in [2.75, 3.05) is 12.4 Å². The maximum Gasteiger partial charge on any atom is 0.257 e. The maximum atomic E-state index is 12.3. The third-order valence-corrected chi connectivity index (χ3v) is 4.75. The van der Waals surface area contributed by atoms with Crippen molar-refractivity contribution in [3.8, 4) is 5.75 Å². The fraction of sp³-hybridized carbons (Fsp3) is 0.150. The predicted molar refractivity (Wildman–Crippen MR) is 111 cm³/mol. The normalized spacial score (nSPS) is 10.7. The van der Waals surface area contributed by atoms with Crippen molar-refractivity contribution < 1.29 is 14.3 Å². The number of rotatable bonds is 7. The van der Waals surface area contributed by atoms with Crippen molar-refractivity contribution >= 4 is 34.5 Å². The molecule has 3 rings (SSSR count). The molecule has 1 aromatic heterocycles. The van der Waals surface area contributed by atoms with E-state index in [1.807, 2.05) is 31.2 Å². The van der Waals surface area contributed by atoms with Gasteiger partial charge >= 0.3 is 0 Å². The van der Waals surface area contributed by atoms with Gasteiger partial charge in [-0.3, -0.25) is 14.9 Å². The molecule has 2 amide bonds. The van der Waals surface area contributed by atoms with Crippen LogP contribution >= 0.6 is 11.3 Å². The number of methoxy groups -OCH3 is 1. The van der Waals surface area contributed by atoms with Crippen LogP contribution in [0.2, 0.25) is 0 Å². The summed E-state index contributed by atoms with van der Waals surface area (Å²) >= 11 is 1.14. The minimum atomic E-state index is -0.331. The molecule has 3 aromatic rings. The average molecular weight is 409 g/mol. The third kappa shape index (κ3) is 5.69. The average Bonchev–Trinajstić information content (AvgIpc) is 3.15. The Balaban J connectivity index is 1.51. The molecule has 8 nitrogen and oxygen atoms in total. The number of hydrazone groups is 1. The van der Waals surface area contributed by atoms with Gasteiger partial charge in [0.1, 0.15) is 10.8 Å². The molecular formula is C20H19N5O3S. The van der Waals surface area contributed by atoms with Crippen LogP contribution in [0.25, 0.3) is 0 Å². The molecular weight excluding hydrogens is 390 g/mol. The highest BCUT2D eigenvalue weighted by Gasteiger charge is 2.13. The second-order valence-electron chi connectivity index (χ2n) is 6.01. The maximum absolute atomic E-state index is 12.3. The molecule has 0 radical (unpaired) electrons. The largest absolute Gasteiger partial charge is 0.497 e. The lowest BCUT2D eigenvalue weighted by Gasteiger charge is -2.03. The van der Waals surface area contributed by atoms with Crippen molar-refractivity contribution in [3.63, 3.8) is 0 Å². The number of benzene rings is 2. The molecule has 0 spiro atoms. The Hall–Kier alpha value is -3.59. The van der Waals surface area contributed by atoms with Crippen LogP contribution in [0.1, 0.15) is 26.5 Å². The van der Waals surface area contributed by atoms with Crippen molar-refractivity contribution in [3.05, 3.63) is 70.2 Å². The van der Waals surface area contributed by atoms with Gasteiger partial charge in [0.05, 0.1) is 19.7 Å². The number of aromatic nitrogens is 2. The standard InChI is InChI=1S/C20H19N5O3S/c1-13-5-3-4-6-16(13)19(27)22-20-25-24-18(29-20)11-17(26)23-21-12-14-7-9-15(28-2)10-8-14/h3-10,12H,11H2,1-2H3,(H,23,26)(H,22,25,27)/b21-12+. The molecule has 0 aliphatic carbocycles. The van der Waals surface area contributed by atoms with E-state index in [9.17, 15) is 9.59 Å². The first-order valence-corrected chi connectivity index (χ1v) is 9.52. The molecule has 1 heterocycles. The topological polar surface area (TPSA) is 106 Å². The SMILES string of the molecule is COc1ccc(/C=N/NC(=O)Cc2nnc(NC(=O)c3ccccc3C)s2)cc1. The van der Waals surface area contributed by atoms with Gasteiger partial charge in [-0.1, -0.05) is 29.5 Å². The zero-order chi connectivity index (χ0) is 20.6. The highest BCUT2D eigenvalue weighted by atomic mass is 32.1. The molecule has 0 fully saturated rings. The first-order valence-electron chi connectivity index (χ1n) is 8.70. The Kier molecular flexibility index (Phi) is 6.64. The second kappa shape index (κ2) is 9.56. The van der Waals surface area contributed by atoms with E-state index in [1.54, 1.807) is 31.4 Å². The molecule has 0 aliphatic heterocycles. The number of amides is 2. The van der Waals surface area contributed by atoms with Crippen LogP contribution in [-0.2, 0) is 11.2 Å². The van der Waals surface area contributed by atoms with Gasteiger partial charge in [-0.15, -0.1) is 10.2 Å². The molecule has 0 saturated heterocycles. The van der Waals surface area contributed by atoms with Crippen LogP contribution in [0.3, 0.4) is 0 Å². The van der Waals surface area contributed by atoms with E-state index in [0.717, 1.165) is 28.2 Å².